The lowest BCUT2D eigenvalue weighted by molar-refractivity contribution is 0.252. The van der Waals surface area contributed by atoms with Gasteiger partial charge in [0.1, 0.15) is 5.75 Å². The normalized spacial score (nSPS) is 10.3. The standard InChI is InChI=1S/C16H17N3O2/c1-2-21-15-11-7-6-8-13(15)12-17-19-16(20)18-14-9-4-3-5-10-14/h3-12H,2H2,1H3,(H2,18,19,20). The monoisotopic (exact) mass is 283 g/mol. The molecule has 2 aromatic carbocycles. The molecule has 108 valence electrons. The molecule has 2 rings (SSSR count). The lowest BCUT2D eigenvalue weighted by Gasteiger charge is -2.06. The highest BCUT2D eigenvalue weighted by Crippen LogP contribution is 2.15. The van der Waals surface area contributed by atoms with Crippen LogP contribution in [0.3, 0.4) is 0 Å². The van der Waals surface area contributed by atoms with Crippen LogP contribution in [0.1, 0.15) is 12.5 Å². The smallest absolute Gasteiger partial charge is 0.339 e. The second-order valence-corrected chi connectivity index (χ2v) is 4.16. The first kappa shape index (κ1) is 14.6. The van der Waals surface area contributed by atoms with Gasteiger partial charge in [0.05, 0.1) is 12.8 Å². The van der Waals surface area contributed by atoms with Gasteiger partial charge in [0.2, 0.25) is 0 Å². The number of nitrogens with one attached hydrogen (secondary N) is 2. The number of amides is 2. The average Bonchev–Trinajstić information content (AvgIpc) is 2.50. The van der Waals surface area contributed by atoms with E-state index in [4.69, 9.17) is 4.74 Å². The van der Waals surface area contributed by atoms with E-state index in [1.54, 1.807) is 18.3 Å². The van der Waals surface area contributed by atoms with Gasteiger partial charge in [-0.25, -0.2) is 10.2 Å². The highest BCUT2D eigenvalue weighted by molar-refractivity contribution is 5.90. The number of hydrogen-bond acceptors (Lipinski definition) is 3. The molecule has 0 saturated carbocycles. The number of ether oxygens (including phenoxy) is 1. The van der Waals surface area contributed by atoms with Crippen LogP contribution in [0.5, 0.6) is 5.75 Å². The second-order valence-electron chi connectivity index (χ2n) is 4.16. The predicted octanol–water partition coefficient (Wildman–Crippen LogP) is 3.24. The zero-order valence-electron chi connectivity index (χ0n) is 11.7. The van der Waals surface area contributed by atoms with Crippen LogP contribution in [0.4, 0.5) is 10.5 Å². The molecule has 2 amide bonds. The van der Waals surface area contributed by atoms with Crippen molar-refractivity contribution >= 4 is 17.9 Å². The molecule has 0 bridgehead atoms. The van der Waals surface area contributed by atoms with Gasteiger partial charge < -0.3 is 10.1 Å². The van der Waals surface area contributed by atoms with E-state index in [1.165, 1.54) is 0 Å². The van der Waals surface area contributed by atoms with Crippen LogP contribution in [0, 0.1) is 0 Å². The Morgan fingerprint density at radius 1 is 1.14 bits per heavy atom. The SMILES string of the molecule is CCOc1ccccc1C=NNC(=O)Nc1ccccc1. The minimum Gasteiger partial charge on any atom is -0.493 e. The van der Waals surface area contributed by atoms with Crippen molar-refractivity contribution in [1.29, 1.82) is 0 Å². The van der Waals surface area contributed by atoms with E-state index in [0.29, 0.717) is 12.3 Å². The van der Waals surface area contributed by atoms with Crippen LogP contribution >= 0.6 is 0 Å². The Morgan fingerprint density at radius 3 is 2.62 bits per heavy atom. The van der Waals surface area contributed by atoms with Gasteiger partial charge in [0.25, 0.3) is 0 Å². The third-order valence-electron chi connectivity index (χ3n) is 2.62. The highest BCUT2D eigenvalue weighted by atomic mass is 16.5. The van der Waals surface area contributed by atoms with Crippen molar-refractivity contribution in [1.82, 2.24) is 5.43 Å². The number of rotatable bonds is 5. The number of hydrazone groups is 1. The maximum absolute atomic E-state index is 11.6. The molecule has 0 unspecified atom stereocenters. The minimum absolute atomic E-state index is 0.397. The first-order valence-corrected chi connectivity index (χ1v) is 6.66. The Kier molecular flexibility index (Phi) is 5.34. The fourth-order valence-corrected chi connectivity index (χ4v) is 1.72. The Balaban J connectivity index is 1.92. The molecule has 5 nitrogen and oxygen atoms in total. The minimum atomic E-state index is -0.397. The van der Waals surface area contributed by atoms with Gasteiger partial charge >= 0.3 is 6.03 Å². The number of carbonyl (C=O) groups excluding carboxylic acids is 1. The van der Waals surface area contributed by atoms with E-state index in [-0.39, 0.29) is 0 Å². The first-order valence-electron chi connectivity index (χ1n) is 6.66. The fraction of sp³-hybridized carbons (Fsp3) is 0.125. The predicted molar refractivity (Wildman–Crippen MR) is 83.8 cm³/mol. The van der Waals surface area contributed by atoms with Gasteiger partial charge in [-0.3, -0.25) is 0 Å². The maximum atomic E-state index is 11.6. The summed E-state index contributed by atoms with van der Waals surface area (Å²) in [4.78, 5) is 11.6. The zero-order valence-corrected chi connectivity index (χ0v) is 11.7. The van der Waals surface area contributed by atoms with E-state index in [9.17, 15) is 4.79 Å². The number of anilines is 1. The number of nitrogens with zero attached hydrogens (tertiary/aromatic N) is 1. The van der Waals surface area contributed by atoms with Crippen LogP contribution < -0.4 is 15.5 Å². The van der Waals surface area contributed by atoms with Crippen molar-refractivity contribution in [3.63, 3.8) is 0 Å². The molecule has 0 atom stereocenters. The second kappa shape index (κ2) is 7.69. The molecule has 21 heavy (non-hydrogen) atoms. The van der Waals surface area contributed by atoms with Crippen molar-refractivity contribution in [2.24, 2.45) is 5.10 Å². The molecule has 0 radical (unpaired) electrons. The summed E-state index contributed by atoms with van der Waals surface area (Å²) < 4.78 is 5.47. The molecule has 0 aliphatic carbocycles. The molecule has 5 heteroatoms. The average molecular weight is 283 g/mol. The summed E-state index contributed by atoms with van der Waals surface area (Å²) in [5, 5.41) is 6.59. The van der Waals surface area contributed by atoms with Gasteiger partial charge in [-0.2, -0.15) is 5.10 Å². The van der Waals surface area contributed by atoms with Crippen LogP contribution in [-0.2, 0) is 0 Å². The zero-order chi connectivity index (χ0) is 14.9. The number of benzene rings is 2. The Morgan fingerprint density at radius 2 is 1.86 bits per heavy atom. The van der Waals surface area contributed by atoms with Crippen molar-refractivity contribution in [3.05, 3.63) is 60.2 Å². The van der Waals surface area contributed by atoms with E-state index in [0.717, 1.165) is 11.3 Å². The summed E-state index contributed by atoms with van der Waals surface area (Å²) in [5.41, 5.74) is 3.93. The van der Waals surface area contributed by atoms with Crippen molar-refractivity contribution < 1.29 is 9.53 Å². The molecular formula is C16H17N3O2. The molecule has 0 fully saturated rings. The third-order valence-corrected chi connectivity index (χ3v) is 2.62. The van der Waals surface area contributed by atoms with Crippen LogP contribution in [0.15, 0.2) is 59.7 Å². The van der Waals surface area contributed by atoms with Gasteiger partial charge in [0, 0.05) is 11.3 Å². The summed E-state index contributed by atoms with van der Waals surface area (Å²) in [5.74, 6) is 0.731. The lowest BCUT2D eigenvalue weighted by atomic mass is 10.2. The summed E-state index contributed by atoms with van der Waals surface area (Å²) >= 11 is 0. The molecule has 0 spiro atoms. The Bertz CT molecular complexity index is 612. The van der Waals surface area contributed by atoms with Crippen molar-refractivity contribution in [3.8, 4) is 5.75 Å². The number of hydrogen-bond donors (Lipinski definition) is 2. The molecule has 2 aromatic rings. The lowest BCUT2D eigenvalue weighted by Crippen LogP contribution is -2.24. The Hall–Kier alpha value is -2.82. The van der Waals surface area contributed by atoms with E-state index >= 15 is 0 Å². The van der Waals surface area contributed by atoms with Gasteiger partial charge in [-0.15, -0.1) is 0 Å². The van der Waals surface area contributed by atoms with Crippen molar-refractivity contribution in [2.75, 3.05) is 11.9 Å². The third kappa shape index (κ3) is 4.65. The van der Waals surface area contributed by atoms with E-state index < -0.39 is 6.03 Å². The Labute approximate surface area is 123 Å². The van der Waals surface area contributed by atoms with Crippen LogP contribution in [-0.4, -0.2) is 18.9 Å². The number of urea groups is 1. The fourth-order valence-electron chi connectivity index (χ4n) is 1.72. The summed E-state index contributed by atoms with van der Waals surface area (Å²) in [6, 6.07) is 16.3. The molecule has 0 saturated heterocycles. The van der Waals surface area contributed by atoms with Gasteiger partial charge in [0.15, 0.2) is 0 Å². The summed E-state index contributed by atoms with van der Waals surface area (Å²) in [7, 11) is 0. The quantitative estimate of drug-likeness (QED) is 0.653. The molecule has 2 N–H and O–H groups in total. The van der Waals surface area contributed by atoms with E-state index in [1.807, 2.05) is 49.4 Å². The van der Waals surface area contributed by atoms with Crippen LogP contribution in [0.2, 0.25) is 0 Å². The molecule has 0 aromatic heterocycles. The number of para-hydroxylation sites is 2. The topological polar surface area (TPSA) is 62.7 Å². The molecular weight excluding hydrogens is 266 g/mol. The number of carbonyl (C=O) groups is 1. The van der Waals surface area contributed by atoms with Crippen LogP contribution in [0.25, 0.3) is 0 Å². The summed E-state index contributed by atoms with van der Waals surface area (Å²) in [6.45, 7) is 2.49. The van der Waals surface area contributed by atoms with Gasteiger partial charge in [-0.05, 0) is 31.2 Å². The maximum Gasteiger partial charge on any atom is 0.339 e. The molecule has 0 aliphatic rings. The summed E-state index contributed by atoms with van der Waals surface area (Å²) in [6.07, 6.45) is 1.55. The molecule has 0 heterocycles. The van der Waals surface area contributed by atoms with Gasteiger partial charge in [-0.1, -0.05) is 30.3 Å². The largest absolute Gasteiger partial charge is 0.493 e. The first-order chi connectivity index (χ1) is 10.3. The highest BCUT2D eigenvalue weighted by Gasteiger charge is 2.00. The molecule has 0 aliphatic heterocycles. The van der Waals surface area contributed by atoms with Crippen molar-refractivity contribution in [2.45, 2.75) is 6.92 Å². The van der Waals surface area contributed by atoms with E-state index in [2.05, 4.69) is 15.8 Å².